The van der Waals surface area contributed by atoms with Gasteiger partial charge in [-0.3, -0.25) is 0 Å². The van der Waals surface area contributed by atoms with Crippen molar-refractivity contribution in [3.05, 3.63) is 22.8 Å². The van der Waals surface area contributed by atoms with E-state index in [2.05, 4.69) is 46.6 Å². The van der Waals surface area contributed by atoms with Crippen LogP contribution in [0.25, 0.3) is 0 Å². The van der Waals surface area contributed by atoms with E-state index in [4.69, 9.17) is 5.73 Å². The lowest BCUT2D eigenvalue weighted by Gasteiger charge is -2.13. The number of nitrogen functional groups attached to an aromatic ring is 1. The highest BCUT2D eigenvalue weighted by molar-refractivity contribution is 9.10. The van der Waals surface area contributed by atoms with Crippen LogP contribution in [0.15, 0.2) is 22.8 Å². The lowest BCUT2D eigenvalue weighted by atomic mass is 10.5. The van der Waals surface area contributed by atoms with Crippen LogP contribution in [-0.4, -0.2) is 29.5 Å². The van der Waals surface area contributed by atoms with E-state index in [1.807, 2.05) is 6.07 Å². The van der Waals surface area contributed by atoms with E-state index in [9.17, 15) is 0 Å². The Bertz CT molecular complexity index is 218. The quantitative estimate of drug-likeness (QED) is 0.921. The number of aromatic nitrogens is 1. The van der Waals surface area contributed by atoms with Gasteiger partial charge < -0.3 is 10.6 Å². The molecule has 0 aliphatic rings. The normalized spacial score (nSPS) is 9.67. The Morgan fingerprint density at radius 2 is 1.73 bits per heavy atom. The second-order valence-corrected chi connectivity index (χ2v) is 3.94. The largest absolute Gasteiger partial charge is 0.384 e. The van der Waals surface area contributed by atoms with Crippen LogP contribution in [-0.2, 0) is 0 Å². The maximum Gasteiger partial charge on any atom is 0.123 e. The molecule has 0 aliphatic carbocycles. The highest BCUT2D eigenvalue weighted by atomic mass is 79.9. The van der Waals surface area contributed by atoms with Crippen molar-refractivity contribution in [1.82, 2.24) is 9.88 Å². The molecule has 0 atom stereocenters. The zero-order chi connectivity index (χ0) is 11.7. The second kappa shape index (κ2) is 8.68. The molecule has 0 saturated carbocycles. The van der Waals surface area contributed by atoms with Crippen LogP contribution >= 0.6 is 15.9 Å². The van der Waals surface area contributed by atoms with E-state index < -0.39 is 0 Å². The van der Waals surface area contributed by atoms with Crippen molar-refractivity contribution in [1.29, 1.82) is 0 Å². The van der Waals surface area contributed by atoms with Crippen molar-refractivity contribution in [3.63, 3.8) is 0 Å². The third-order valence-corrected chi connectivity index (χ3v) is 2.56. The number of pyridine rings is 1. The summed E-state index contributed by atoms with van der Waals surface area (Å²) in [6.45, 7) is 10.1. The van der Waals surface area contributed by atoms with Crippen LogP contribution in [0, 0.1) is 0 Å². The van der Waals surface area contributed by atoms with Crippen molar-refractivity contribution in [2.75, 3.05) is 25.4 Å². The summed E-state index contributed by atoms with van der Waals surface area (Å²) in [6.07, 6.45) is 1.66. The van der Waals surface area contributed by atoms with Gasteiger partial charge in [0.2, 0.25) is 0 Å². The van der Waals surface area contributed by atoms with Crippen LogP contribution in [0.3, 0.4) is 0 Å². The zero-order valence-electron chi connectivity index (χ0n) is 9.70. The molecule has 0 aliphatic heterocycles. The number of halogens is 1. The van der Waals surface area contributed by atoms with Crippen molar-refractivity contribution in [2.45, 2.75) is 20.8 Å². The molecule has 4 heteroatoms. The van der Waals surface area contributed by atoms with E-state index in [0.717, 1.165) is 4.47 Å². The standard InChI is InChI=1S/C6H15N.C5H5BrN2/c1-4-7(5-2)6-3;6-4-1-2-5(7)8-3-4/h4-6H2,1-3H3;1-3H,(H2,7,8). The number of hydrogen-bond acceptors (Lipinski definition) is 3. The number of nitrogens with zero attached hydrogens (tertiary/aromatic N) is 2. The molecule has 1 aromatic rings. The fourth-order valence-electron chi connectivity index (χ4n) is 1.06. The Kier molecular flexibility index (Phi) is 8.33. The molecule has 0 unspecified atom stereocenters. The number of rotatable bonds is 3. The molecule has 0 saturated heterocycles. The van der Waals surface area contributed by atoms with Gasteiger partial charge in [0.1, 0.15) is 5.82 Å². The molecule has 0 aromatic carbocycles. The molecule has 0 fully saturated rings. The molecule has 0 amide bonds. The number of hydrogen-bond donors (Lipinski definition) is 1. The summed E-state index contributed by atoms with van der Waals surface area (Å²) in [5.74, 6) is 0.549. The van der Waals surface area contributed by atoms with Gasteiger partial charge >= 0.3 is 0 Å². The molecular formula is C11H20BrN3. The smallest absolute Gasteiger partial charge is 0.123 e. The van der Waals surface area contributed by atoms with E-state index in [-0.39, 0.29) is 0 Å². The highest BCUT2D eigenvalue weighted by Crippen LogP contribution is 2.07. The first-order chi connectivity index (χ1) is 7.13. The molecule has 1 rings (SSSR count). The van der Waals surface area contributed by atoms with E-state index in [1.165, 1.54) is 19.6 Å². The summed E-state index contributed by atoms with van der Waals surface area (Å²) in [4.78, 5) is 6.18. The summed E-state index contributed by atoms with van der Waals surface area (Å²) in [5, 5.41) is 0. The minimum absolute atomic E-state index is 0.549. The van der Waals surface area contributed by atoms with Crippen molar-refractivity contribution < 1.29 is 0 Å². The molecule has 0 bridgehead atoms. The summed E-state index contributed by atoms with van der Waals surface area (Å²) >= 11 is 3.23. The van der Waals surface area contributed by atoms with E-state index in [1.54, 1.807) is 12.3 Å². The van der Waals surface area contributed by atoms with Gasteiger partial charge in [0.15, 0.2) is 0 Å². The molecule has 86 valence electrons. The molecule has 1 heterocycles. The van der Waals surface area contributed by atoms with Gasteiger partial charge in [0, 0.05) is 10.7 Å². The molecule has 2 N–H and O–H groups in total. The van der Waals surface area contributed by atoms with Crippen LogP contribution in [0.4, 0.5) is 5.82 Å². The minimum Gasteiger partial charge on any atom is -0.384 e. The predicted molar refractivity (Wildman–Crippen MR) is 69.8 cm³/mol. The monoisotopic (exact) mass is 273 g/mol. The Morgan fingerprint density at radius 1 is 1.20 bits per heavy atom. The van der Waals surface area contributed by atoms with Crippen molar-refractivity contribution in [3.8, 4) is 0 Å². The molecule has 0 radical (unpaired) electrons. The third-order valence-electron chi connectivity index (χ3n) is 2.09. The van der Waals surface area contributed by atoms with Crippen LogP contribution < -0.4 is 5.73 Å². The number of nitrogens with two attached hydrogens (primary N) is 1. The first kappa shape index (κ1) is 14.4. The zero-order valence-corrected chi connectivity index (χ0v) is 11.3. The Hall–Kier alpha value is -0.610. The van der Waals surface area contributed by atoms with Gasteiger partial charge in [0.25, 0.3) is 0 Å². The Balaban J connectivity index is 0.000000265. The average molecular weight is 274 g/mol. The van der Waals surface area contributed by atoms with E-state index >= 15 is 0 Å². The van der Waals surface area contributed by atoms with Crippen LogP contribution in [0.5, 0.6) is 0 Å². The SMILES string of the molecule is CCN(CC)CC.Nc1ccc(Br)cn1. The molecule has 15 heavy (non-hydrogen) atoms. The fraction of sp³-hybridized carbons (Fsp3) is 0.545. The topological polar surface area (TPSA) is 42.1 Å². The van der Waals surface area contributed by atoms with E-state index in [0.29, 0.717) is 5.82 Å². The summed E-state index contributed by atoms with van der Waals surface area (Å²) in [6, 6.07) is 3.59. The van der Waals surface area contributed by atoms with Crippen LogP contribution in [0.2, 0.25) is 0 Å². The van der Waals surface area contributed by atoms with Crippen LogP contribution in [0.1, 0.15) is 20.8 Å². The van der Waals surface area contributed by atoms with Gasteiger partial charge in [-0.25, -0.2) is 4.98 Å². The van der Waals surface area contributed by atoms with Gasteiger partial charge in [-0.05, 0) is 47.7 Å². The van der Waals surface area contributed by atoms with Gasteiger partial charge in [0.05, 0.1) is 0 Å². The fourth-order valence-corrected chi connectivity index (χ4v) is 1.29. The predicted octanol–water partition coefficient (Wildman–Crippen LogP) is 2.77. The first-order valence-corrected chi connectivity index (χ1v) is 6.02. The molecule has 3 nitrogen and oxygen atoms in total. The number of anilines is 1. The Morgan fingerprint density at radius 3 is 1.93 bits per heavy atom. The lowest BCUT2D eigenvalue weighted by molar-refractivity contribution is 0.321. The first-order valence-electron chi connectivity index (χ1n) is 5.23. The van der Waals surface area contributed by atoms with Gasteiger partial charge in [-0.2, -0.15) is 0 Å². The Labute approximate surface area is 101 Å². The van der Waals surface area contributed by atoms with Gasteiger partial charge in [-0.15, -0.1) is 0 Å². The maximum absolute atomic E-state index is 5.29. The van der Waals surface area contributed by atoms with Crippen molar-refractivity contribution in [2.24, 2.45) is 0 Å². The highest BCUT2D eigenvalue weighted by Gasteiger charge is 1.89. The maximum atomic E-state index is 5.29. The second-order valence-electron chi connectivity index (χ2n) is 3.02. The summed E-state index contributed by atoms with van der Waals surface area (Å²) in [5.41, 5.74) is 5.29. The molecule has 1 aromatic heterocycles. The third kappa shape index (κ3) is 7.33. The minimum atomic E-state index is 0.549. The van der Waals surface area contributed by atoms with Crippen molar-refractivity contribution >= 4 is 21.7 Å². The summed E-state index contributed by atoms with van der Waals surface area (Å²) < 4.78 is 0.951. The molecular weight excluding hydrogens is 254 g/mol. The van der Waals surface area contributed by atoms with Gasteiger partial charge in [-0.1, -0.05) is 20.8 Å². The lowest BCUT2D eigenvalue weighted by Crippen LogP contribution is -2.21. The molecule has 0 spiro atoms. The summed E-state index contributed by atoms with van der Waals surface area (Å²) in [7, 11) is 0. The average Bonchev–Trinajstić information content (AvgIpc) is 2.26.